The maximum atomic E-state index is 13.1. The number of rotatable bonds is 8. The standard InChI is InChI=1S/C25H30N2O5/c1-17(2)18-6-8-19(9-7-18)22-21(23(28)20-5-3-14-32-20)24(29)25(30)27(22)11-4-10-26-12-15-31-16-13-26/h3,5-9,14,17,22,29H,4,10-13,15-16H2,1-2H3. The third-order valence-electron chi connectivity index (χ3n) is 6.32. The molecule has 0 bridgehead atoms. The van der Waals surface area contributed by atoms with Gasteiger partial charge in [-0.1, -0.05) is 38.1 Å². The summed E-state index contributed by atoms with van der Waals surface area (Å²) < 4.78 is 10.7. The summed E-state index contributed by atoms with van der Waals surface area (Å²) in [5, 5.41) is 13.0. The largest absolute Gasteiger partial charge is 0.868 e. The highest BCUT2D eigenvalue weighted by molar-refractivity contribution is 6.14. The number of furan rings is 1. The van der Waals surface area contributed by atoms with E-state index in [1.807, 2.05) is 24.3 Å². The van der Waals surface area contributed by atoms with Crippen molar-refractivity contribution in [2.45, 2.75) is 32.2 Å². The fraction of sp³-hybridized carbons (Fsp3) is 0.440. The summed E-state index contributed by atoms with van der Waals surface area (Å²) in [6.45, 7) is 8.91. The molecular formula is C25H30N2O5. The van der Waals surface area contributed by atoms with E-state index in [1.54, 1.807) is 11.0 Å². The monoisotopic (exact) mass is 438 g/mol. The smallest absolute Gasteiger partial charge is 0.239 e. The van der Waals surface area contributed by atoms with E-state index in [0.717, 1.165) is 50.4 Å². The Morgan fingerprint density at radius 2 is 1.91 bits per heavy atom. The molecule has 1 saturated heterocycles. The maximum absolute atomic E-state index is 13.1. The first-order valence-corrected chi connectivity index (χ1v) is 11.3. The molecule has 7 nitrogen and oxygen atoms in total. The van der Waals surface area contributed by atoms with Crippen LogP contribution in [0.3, 0.4) is 0 Å². The van der Waals surface area contributed by atoms with Gasteiger partial charge < -0.3 is 24.1 Å². The third-order valence-corrected chi connectivity index (χ3v) is 6.32. The Labute approximate surface area is 188 Å². The Morgan fingerprint density at radius 1 is 1.19 bits per heavy atom. The van der Waals surface area contributed by atoms with Crippen LogP contribution in [0.5, 0.6) is 0 Å². The molecule has 0 aliphatic carbocycles. The predicted octanol–water partition coefficient (Wildman–Crippen LogP) is 1.09. The second-order valence-electron chi connectivity index (χ2n) is 8.74. The molecule has 2 aliphatic rings. The topological polar surface area (TPSA) is 87.2 Å². The van der Waals surface area contributed by atoms with Crippen LogP contribution in [0.15, 0.2) is 58.4 Å². The molecule has 1 N–H and O–H groups in total. The number of hydrogen-bond donors (Lipinski definition) is 1. The number of carbonyl (C=O) groups excluding carboxylic acids is 2. The van der Waals surface area contributed by atoms with Gasteiger partial charge in [-0.05, 0) is 34.9 Å². The van der Waals surface area contributed by atoms with E-state index in [-0.39, 0.29) is 11.3 Å². The van der Waals surface area contributed by atoms with E-state index in [0.29, 0.717) is 12.5 Å². The molecule has 0 radical (unpaired) electrons. The number of ether oxygens (including phenoxy) is 1. The van der Waals surface area contributed by atoms with Crippen LogP contribution in [-0.4, -0.2) is 56.0 Å². The lowest BCUT2D eigenvalue weighted by Crippen LogP contribution is -3.14. The Morgan fingerprint density at radius 3 is 2.53 bits per heavy atom. The van der Waals surface area contributed by atoms with Gasteiger partial charge in [0.25, 0.3) is 0 Å². The first-order chi connectivity index (χ1) is 15.5. The summed E-state index contributed by atoms with van der Waals surface area (Å²) >= 11 is 0. The summed E-state index contributed by atoms with van der Waals surface area (Å²) in [4.78, 5) is 29.1. The molecule has 7 heteroatoms. The van der Waals surface area contributed by atoms with Crippen LogP contribution < -0.4 is 10.0 Å². The number of amides is 1. The Hall–Kier alpha value is -2.90. The molecule has 2 aliphatic heterocycles. The maximum Gasteiger partial charge on any atom is 0.239 e. The minimum atomic E-state index is -0.733. The summed E-state index contributed by atoms with van der Waals surface area (Å²) in [5.74, 6) is -1.44. The molecular weight excluding hydrogens is 408 g/mol. The van der Waals surface area contributed by atoms with Crippen molar-refractivity contribution in [2.24, 2.45) is 0 Å². The molecule has 32 heavy (non-hydrogen) atoms. The Balaban J connectivity index is 1.60. The molecule has 4 rings (SSSR count). The molecule has 1 atom stereocenters. The zero-order chi connectivity index (χ0) is 22.7. The lowest BCUT2D eigenvalue weighted by Gasteiger charge is -2.29. The van der Waals surface area contributed by atoms with Gasteiger partial charge in [-0.25, -0.2) is 0 Å². The Bertz CT molecular complexity index is 972. The van der Waals surface area contributed by atoms with Gasteiger partial charge in [0.05, 0.1) is 32.1 Å². The number of benzene rings is 1. The molecule has 170 valence electrons. The van der Waals surface area contributed by atoms with Crippen molar-refractivity contribution < 1.29 is 28.7 Å². The molecule has 1 fully saturated rings. The highest BCUT2D eigenvalue weighted by Crippen LogP contribution is 2.38. The summed E-state index contributed by atoms with van der Waals surface area (Å²) in [7, 11) is 0. The molecule has 0 spiro atoms. The van der Waals surface area contributed by atoms with Gasteiger partial charge in [0.15, 0.2) is 5.76 Å². The van der Waals surface area contributed by atoms with E-state index >= 15 is 0 Å². The number of ketones is 1. The quantitative estimate of drug-likeness (QED) is 0.624. The van der Waals surface area contributed by atoms with Crippen molar-refractivity contribution >= 4 is 11.7 Å². The van der Waals surface area contributed by atoms with Gasteiger partial charge in [-0.3, -0.25) is 9.59 Å². The van der Waals surface area contributed by atoms with Crippen LogP contribution in [0.25, 0.3) is 0 Å². The van der Waals surface area contributed by atoms with Crippen LogP contribution >= 0.6 is 0 Å². The number of quaternary nitrogens is 1. The average molecular weight is 439 g/mol. The van der Waals surface area contributed by atoms with Crippen LogP contribution in [0.2, 0.25) is 0 Å². The molecule has 1 amide bonds. The Kier molecular flexibility index (Phi) is 6.77. The number of hydrogen-bond acceptors (Lipinski definition) is 5. The number of morpholine rings is 1. The van der Waals surface area contributed by atoms with Crippen molar-refractivity contribution in [3.63, 3.8) is 0 Å². The number of Topliss-reactive ketones (excluding diaryl/α,β-unsaturated/α-hetero) is 1. The fourth-order valence-electron chi connectivity index (χ4n) is 4.46. The summed E-state index contributed by atoms with van der Waals surface area (Å²) in [6, 6.07) is 10.3. The normalized spacial score (nSPS) is 19.9. The van der Waals surface area contributed by atoms with Gasteiger partial charge >= 0.3 is 0 Å². The van der Waals surface area contributed by atoms with E-state index in [9.17, 15) is 14.7 Å². The second-order valence-corrected chi connectivity index (χ2v) is 8.74. The van der Waals surface area contributed by atoms with Crippen LogP contribution in [0.1, 0.15) is 53.9 Å². The molecule has 1 unspecified atom stereocenters. The van der Waals surface area contributed by atoms with E-state index in [2.05, 4.69) is 13.8 Å². The van der Waals surface area contributed by atoms with Gasteiger partial charge in [0, 0.05) is 18.5 Å². The number of nitrogens with zero attached hydrogens (tertiary/aromatic N) is 1. The highest BCUT2D eigenvalue weighted by Gasteiger charge is 2.40. The summed E-state index contributed by atoms with van der Waals surface area (Å²) in [5.41, 5.74) is 1.90. The SMILES string of the molecule is CC(C)c1ccc(C2C(C(=O)c3ccco3)=C([O-])C(=O)N2CCC[NH+]2CCOCC2)cc1. The lowest BCUT2D eigenvalue weighted by molar-refractivity contribution is -0.908. The second kappa shape index (κ2) is 9.71. The minimum Gasteiger partial charge on any atom is -0.868 e. The van der Waals surface area contributed by atoms with Crippen molar-refractivity contribution in [1.82, 2.24) is 4.90 Å². The van der Waals surface area contributed by atoms with Gasteiger partial charge in [-0.2, -0.15) is 0 Å². The predicted molar refractivity (Wildman–Crippen MR) is 116 cm³/mol. The lowest BCUT2D eigenvalue weighted by atomic mass is 9.93. The zero-order valence-corrected chi connectivity index (χ0v) is 18.6. The van der Waals surface area contributed by atoms with Gasteiger partial charge in [-0.15, -0.1) is 0 Å². The summed E-state index contributed by atoms with van der Waals surface area (Å²) in [6.07, 6.45) is 2.14. The van der Waals surface area contributed by atoms with Crippen molar-refractivity contribution in [3.05, 3.63) is 70.9 Å². The van der Waals surface area contributed by atoms with Gasteiger partial charge in [0.2, 0.25) is 11.7 Å². The molecule has 0 saturated carbocycles. The minimum absolute atomic E-state index is 0.0269. The van der Waals surface area contributed by atoms with E-state index < -0.39 is 23.5 Å². The van der Waals surface area contributed by atoms with E-state index in [1.165, 1.54) is 17.2 Å². The molecule has 3 heterocycles. The first-order valence-electron chi connectivity index (χ1n) is 11.3. The van der Waals surface area contributed by atoms with Crippen LogP contribution in [-0.2, 0) is 9.53 Å². The molecule has 1 aromatic heterocycles. The highest BCUT2D eigenvalue weighted by atomic mass is 16.5. The average Bonchev–Trinajstić information content (AvgIpc) is 3.43. The van der Waals surface area contributed by atoms with Gasteiger partial charge in [0.1, 0.15) is 13.1 Å². The van der Waals surface area contributed by atoms with Crippen molar-refractivity contribution in [3.8, 4) is 0 Å². The number of nitrogens with one attached hydrogen (secondary N) is 1. The molecule has 1 aromatic carbocycles. The van der Waals surface area contributed by atoms with E-state index in [4.69, 9.17) is 9.15 Å². The fourth-order valence-corrected chi connectivity index (χ4v) is 4.46. The van der Waals surface area contributed by atoms with Crippen molar-refractivity contribution in [1.29, 1.82) is 0 Å². The first kappa shape index (κ1) is 22.3. The zero-order valence-electron chi connectivity index (χ0n) is 18.6. The van der Waals surface area contributed by atoms with Crippen LogP contribution in [0.4, 0.5) is 0 Å². The third kappa shape index (κ3) is 4.49. The number of carbonyl (C=O) groups is 2. The van der Waals surface area contributed by atoms with Crippen molar-refractivity contribution in [2.75, 3.05) is 39.4 Å². The molecule has 2 aromatic rings. The van der Waals surface area contributed by atoms with Crippen LogP contribution in [0, 0.1) is 0 Å².